The standard InChI is InChI=1S/C18H23N5O/c1-14-5-3-6-16(15(14)2)21-17(24)13-22-9-11-23(12-10-22)18-19-7-4-8-20-18/h3-8H,9-13H2,1-2H3,(H,21,24)/p+1. The van der Waals surface area contributed by atoms with Crippen molar-refractivity contribution in [1.29, 1.82) is 0 Å². The first kappa shape index (κ1) is 16.4. The third-order valence-corrected chi connectivity index (χ3v) is 4.59. The van der Waals surface area contributed by atoms with E-state index in [-0.39, 0.29) is 5.91 Å². The Kier molecular flexibility index (Phi) is 5.05. The van der Waals surface area contributed by atoms with E-state index in [4.69, 9.17) is 0 Å². The molecule has 1 saturated heterocycles. The van der Waals surface area contributed by atoms with Crippen LogP contribution < -0.4 is 15.1 Å². The number of nitrogens with zero attached hydrogens (tertiary/aromatic N) is 3. The van der Waals surface area contributed by atoms with Gasteiger partial charge in [0.25, 0.3) is 5.91 Å². The molecule has 126 valence electrons. The summed E-state index contributed by atoms with van der Waals surface area (Å²) >= 11 is 0. The molecule has 2 aromatic rings. The first-order valence-corrected chi connectivity index (χ1v) is 8.35. The van der Waals surface area contributed by atoms with Crippen molar-refractivity contribution in [2.24, 2.45) is 0 Å². The highest BCUT2D eigenvalue weighted by molar-refractivity contribution is 5.92. The molecule has 0 aliphatic carbocycles. The summed E-state index contributed by atoms with van der Waals surface area (Å²) in [4.78, 5) is 24.4. The van der Waals surface area contributed by atoms with Crippen molar-refractivity contribution in [3.63, 3.8) is 0 Å². The molecule has 0 unspecified atom stereocenters. The predicted molar refractivity (Wildman–Crippen MR) is 94.4 cm³/mol. The molecule has 24 heavy (non-hydrogen) atoms. The van der Waals surface area contributed by atoms with E-state index < -0.39 is 0 Å². The highest BCUT2D eigenvalue weighted by Gasteiger charge is 2.23. The van der Waals surface area contributed by atoms with Gasteiger partial charge in [-0.1, -0.05) is 12.1 Å². The molecule has 1 aromatic heterocycles. The Morgan fingerprint density at radius 1 is 1.17 bits per heavy atom. The number of rotatable bonds is 4. The molecule has 0 spiro atoms. The summed E-state index contributed by atoms with van der Waals surface area (Å²) in [6.07, 6.45) is 3.53. The number of piperazine rings is 1. The molecule has 3 rings (SSSR count). The maximum Gasteiger partial charge on any atom is 0.279 e. The fourth-order valence-electron chi connectivity index (χ4n) is 2.96. The number of quaternary nitrogens is 1. The molecule has 0 saturated carbocycles. The van der Waals surface area contributed by atoms with Crippen LogP contribution in [0.3, 0.4) is 0 Å². The number of amides is 1. The van der Waals surface area contributed by atoms with Crippen LogP contribution in [0.4, 0.5) is 11.6 Å². The molecule has 1 amide bonds. The topological polar surface area (TPSA) is 62.6 Å². The van der Waals surface area contributed by atoms with E-state index in [9.17, 15) is 4.79 Å². The second-order valence-electron chi connectivity index (χ2n) is 6.26. The van der Waals surface area contributed by atoms with Gasteiger partial charge in [-0.15, -0.1) is 0 Å². The molecular formula is C18H24N5O+. The van der Waals surface area contributed by atoms with Crippen LogP contribution in [-0.4, -0.2) is 48.6 Å². The first-order valence-electron chi connectivity index (χ1n) is 8.35. The Hall–Kier alpha value is -2.47. The van der Waals surface area contributed by atoms with E-state index in [1.165, 1.54) is 10.5 Å². The molecule has 0 radical (unpaired) electrons. The van der Waals surface area contributed by atoms with Crippen LogP contribution in [0.15, 0.2) is 36.7 Å². The van der Waals surface area contributed by atoms with Gasteiger partial charge in [0, 0.05) is 18.1 Å². The smallest absolute Gasteiger partial charge is 0.279 e. The molecule has 2 heterocycles. The number of benzene rings is 1. The van der Waals surface area contributed by atoms with Crippen LogP contribution >= 0.6 is 0 Å². The number of aromatic nitrogens is 2. The zero-order chi connectivity index (χ0) is 16.9. The summed E-state index contributed by atoms with van der Waals surface area (Å²) in [5.41, 5.74) is 3.24. The van der Waals surface area contributed by atoms with Gasteiger partial charge in [0.1, 0.15) is 0 Å². The largest absolute Gasteiger partial charge is 0.330 e. The highest BCUT2D eigenvalue weighted by atomic mass is 16.2. The van der Waals surface area contributed by atoms with Crippen LogP contribution in [0.25, 0.3) is 0 Å². The van der Waals surface area contributed by atoms with Crippen LogP contribution in [0.2, 0.25) is 0 Å². The lowest BCUT2D eigenvalue weighted by atomic mass is 10.1. The lowest BCUT2D eigenvalue weighted by molar-refractivity contribution is -0.892. The zero-order valence-electron chi connectivity index (χ0n) is 14.2. The molecular weight excluding hydrogens is 302 g/mol. The Labute approximate surface area is 142 Å². The fourth-order valence-corrected chi connectivity index (χ4v) is 2.96. The van der Waals surface area contributed by atoms with Crippen LogP contribution in [-0.2, 0) is 4.79 Å². The van der Waals surface area contributed by atoms with E-state index in [0.717, 1.165) is 43.4 Å². The van der Waals surface area contributed by atoms with Crippen molar-refractivity contribution in [3.8, 4) is 0 Å². The van der Waals surface area contributed by atoms with Gasteiger partial charge in [0.2, 0.25) is 5.95 Å². The van der Waals surface area contributed by atoms with E-state index in [2.05, 4.69) is 33.2 Å². The van der Waals surface area contributed by atoms with Gasteiger partial charge in [-0.2, -0.15) is 0 Å². The number of hydrogen-bond donors (Lipinski definition) is 2. The van der Waals surface area contributed by atoms with Crippen molar-refractivity contribution in [2.45, 2.75) is 13.8 Å². The van der Waals surface area contributed by atoms with Crippen molar-refractivity contribution < 1.29 is 9.69 Å². The molecule has 1 fully saturated rings. The summed E-state index contributed by atoms with van der Waals surface area (Å²) in [7, 11) is 0. The molecule has 6 nitrogen and oxygen atoms in total. The van der Waals surface area contributed by atoms with Gasteiger partial charge < -0.3 is 15.1 Å². The van der Waals surface area contributed by atoms with Crippen LogP contribution in [0.1, 0.15) is 11.1 Å². The highest BCUT2D eigenvalue weighted by Crippen LogP contribution is 2.17. The average Bonchev–Trinajstić information content (AvgIpc) is 2.60. The van der Waals surface area contributed by atoms with E-state index in [1.54, 1.807) is 12.4 Å². The zero-order valence-corrected chi connectivity index (χ0v) is 14.2. The monoisotopic (exact) mass is 326 g/mol. The first-order chi connectivity index (χ1) is 11.6. The van der Waals surface area contributed by atoms with Gasteiger partial charge in [-0.3, -0.25) is 4.79 Å². The maximum atomic E-state index is 12.3. The number of nitrogens with one attached hydrogen (secondary N) is 2. The Morgan fingerprint density at radius 2 is 1.88 bits per heavy atom. The molecule has 6 heteroatoms. The van der Waals surface area contributed by atoms with Crippen molar-refractivity contribution in [1.82, 2.24) is 9.97 Å². The predicted octanol–water partition coefficient (Wildman–Crippen LogP) is 0.437. The third kappa shape index (κ3) is 3.89. The summed E-state index contributed by atoms with van der Waals surface area (Å²) in [6.45, 7) is 8.16. The van der Waals surface area contributed by atoms with Crippen molar-refractivity contribution in [2.75, 3.05) is 42.9 Å². The number of aryl methyl sites for hydroxylation is 1. The van der Waals surface area contributed by atoms with Gasteiger partial charge in [-0.25, -0.2) is 9.97 Å². The number of hydrogen-bond acceptors (Lipinski definition) is 4. The van der Waals surface area contributed by atoms with Gasteiger partial charge >= 0.3 is 0 Å². The number of carbonyl (C=O) groups is 1. The Bertz CT molecular complexity index is 696. The molecule has 0 atom stereocenters. The van der Waals surface area contributed by atoms with Gasteiger partial charge in [0.05, 0.1) is 26.2 Å². The summed E-state index contributed by atoms with van der Waals surface area (Å²) in [5.74, 6) is 0.847. The quantitative estimate of drug-likeness (QED) is 0.856. The maximum absolute atomic E-state index is 12.3. The molecule has 1 aromatic carbocycles. The van der Waals surface area contributed by atoms with E-state index in [1.807, 2.05) is 25.1 Å². The second kappa shape index (κ2) is 7.40. The molecule has 0 bridgehead atoms. The van der Waals surface area contributed by atoms with Crippen LogP contribution in [0.5, 0.6) is 0 Å². The lowest BCUT2D eigenvalue weighted by Gasteiger charge is -2.31. The molecule has 2 N–H and O–H groups in total. The van der Waals surface area contributed by atoms with Gasteiger partial charge in [0.15, 0.2) is 6.54 Å². The van der Waals surface area contributed by atoms with Gasteiger partial charge in [-0.05, 0) is 37.1 Å². The normalized spacial score (nSPS) is 15.3. The number of anilines is 2. The summed E-state index contributed by atoms with van der Waals surface area (Å²) < 4.78 is 0. The SMILES string of the molecule is Cc1cccc(NC(=O)C[NH+]2CCN(c3ncccn3)CC2)c1C. The molecule has 1 aliphatic heterocycles. The van der Waals surface area contributed by atoms with Crippen LogP contribution in [0, 0.1) is 13.8 Å². The number of carbonyl (C=O) groups excluding carboxylic acids is 1. The Balaban J connectivity index is 1.51. The average molecular weight is 326 g/mol. The van der Waals surface area contributed by atoms with E-state index >= 15 is 0 Å². The minimum atomic E-state index is 0.0723. The Morgan fingerprint density at radius 3 is 2.58 bits per heavy atom. The molecule has 1 aliphatic rings. The fraction of sp³-hybridized carbons (Fsp3) is 0.389. The minimum absolute atomic E-state index is 0.0723. The van der Waals surface area contributed by atoms with Crippen molar-refractivity contribution >= 4 is 17.5 Å². The lowest BCUT2D eigenvalue weighted by Crippen LogP contribution is -3.15. The third-order valence-electron chi connectivity index (χ3n) is 4.59. The summed E-state index contributed by atoms with van der Waals surface area (Å²) in [5, 5.41) is 3.04. The second-order valence-corrected chi connectivity index (χ2v) is 6.26. The van der Waals surface area contributed by atoms with Crippen molar-refractivity contribution in [3.05, 3.63) is 47.8 Å². The minimum Gasteiger partial charge on any atom is -0.330 e. The summed E-state index contributed by atoms with van der Waals surface area (Å²) in [6, 6.07) is 7.81. The van der Waals surface area contributed by atoms with E-state index in [0.29, 0.717) is 6.54 Å².